The highest BCUT2D eigenvalue weighted by Gasteiger charge is 2.10. The van der Waals surface area contributed by atoms with Gasteiger partial charge in [-0.3, -0.25) is 9.13 Å². The van der Waals surface area contributed by atoms with Crippen LogP contribution in [0.2, 0.25) is 0 Å². The zero-order chi connectivity index (χ0) is 17.6. The monoisotopic (exact) mass is 346 g/mol. The molecule has 0 aliphatic heterocycles. The van der Waals surface area contributed by atoms with Gasteiger partial charge < -0.3 is 0 Å². The number of benzene rings is 2. The van der Waals surface area contributed by atoms with Crippen LogP contribution in [0.4, 0.5) is 0 Å². The van der Waals surface area contributed by atoms with Crippen LogP contribution in [0.3, 0.4) is 0 Å². The van der Waals surface area contributed by atoms with E-state index in [9.17, 15) is 10.1 Å². The summed E-state index contributed by atoms with van der Waals surface area (Å²) in [6.45, 7) is 0. The number of aryl methyl sites for hydroxylation is 2. The van der Waals surface area contributed by atoms with Crippen molar-refractivity contribution >= 4 is 44.2 Å². The largest absolute Gasteiger partial charge is 0.328 e. The first-order valence-corrected chi connectivity index (χ1v) is 8.53. The number of imidazole rings is 1. The number of thiazole rings is 1. The number of para-hydroxylation sites is 1. The fourth-order valence-corrected chi connectivity index (χ4v) is 3.84. The summed E-state index contributed by atoms with van der Waals surface area (Å²) in [5.74, 6) is 0. The lowest BCUT2D eigenvalue weighted by Crippen LogP contribution is -2.19. The lowest BCUT2D eigenvalue weighted by atomic mass is 10.1. The molecule has 25 heavy (non-hydrogen) atoms. The van der Waals surface area contributed by atoms with Gasteiger partial charge in [-0.2, -0.15) is 5.26 Å². The third kappa shape index (κ3) is 2.46. The second-order valence-corrected chi connectivity index (χ2v) is 6.84. The van der Waals surface area contributed by atoms with Crippen molar-refractivity contribution in [2.24, 2.45) is 14.1 Å². The summed E-state index contributed by atoms with van der Waals surface area (Å²) in [4.78, 5) is 16.6. The summed E-state index contributed by atoms with van der Waals surface area (Å²) in [6, 6.07) is 15.8. The van der Waals surface area contributed by atoms with Crippen LogP contribution in [0, 0.1) is 11.3 Å². The van der Waals surface area contributed by atoms with Crippen LogP contribution in [-0.4, -0.2) is 14.1 Å². The third-order valence-corrected chi connectivity index (χ3v) is 5.32. The normalized spacial score (nSPS) is 12.0. The molecule has 2 heterocycles. The van der Waals surface area contributed by atoms with E-state index in [1.54, 1.807) is 23.2 Å². The quantitative estimate of drug-likeness (QED) is 0.521. The molecule has 6 heteroatoms. The van der Waals surface area contributed by atoms with E-state index in [-0.39, 0.29) is 5.69 Å². The molecule has 0 saturated heterocycles. The van der Waals surface area contributed by atoms with Gasteiger partial charge in [-0.05, 0) is 35.9 Å². The van der Waals surface area contributed by atoms with Gasteiger partial charge >= 0.3 is 5.69 Å². The maximum absolute atomic E-state index is 12.0. The lowest BCUT2D eigenvalue weighted by molar-refractivity contribution is 0.795. The summed E-state index contributed by atoms with van der Waals surface area (Å²) < 4.78 is 4.28. The molecule has 0 unspecified atom stereocenters. The number of nitriles is 1. The Balaban J connectivity index is 1.85. The van der Waals surface area contributed by atoms with Crippen LogP contribution in [-0.2, 0) is 14.1 Å². The van der Waals surface area contributed by atoms with Crippen LogP contribution in [0.25, 0.3) is 32.9 Å². The van der Waals surface area contributed by atoms with Crippen molar-refractivity contribution in [1.82, 2.24) is 14.1 Å². The molecule has 0 amide bonds. The predicted octanol–water partition coefficient (Wildman–Crippen LogP) is 3.55. The van der Waals surface area contributed by atoms with Gasteiger partial charge in [0.15, 0.2) is 0 Å². The zero-order valence-corrected chi connectivity index (χ0v) is 14.5. The van der Waals surface area contributed by atoms with E-state index in [0.717, 1.165) is 26.8 Å². The number of hydrogen-bond acceptors (Lipinski definition) is 4. The van der Waals surface area contributed by atoms with E-state index < -0.39 is 0 Å². The molecule has 0 N–H and O–H groups in total. The molecule has 0 spiro atoms. The Morgan fingerprint density at radius 1 is 1.16 bits per heavy atom. The van der Waals surface area contributed by atoms with Crippen LogP contribution in [0.1, 0.15) is 10.6 Å². The van der Waals surface area contributed by atoms with Gasteiger partial charge in [0, 0.05) is 14.1 Å². The summed E-state index contributed by atoms with van der Waals surface area (Å²) in [5, 5.41) is 10.3. The molecule has 0 saturated carbocycles. The van der Waals surface area contributed by atoms with E-state index in [1.807, 2.05) is 48.5 Å². The van der Waals surface area contributed by atoms with Crippen LogP contribution in [0.5, 0.6) is 0 Å². The summed E-state index contributed by atoms with van der Waals surface area (Å²) in [6.07, 6.45) is 1.81. The van der Waals surface area contributed by atoms with Crippen molar-refractivity contribution in [2.75, 3.05) is 0 Å². The SMILES string of the molecule is Cn1c(=O)n(C)c2cc(/C=C(/C#N)c3nc4ccccc4s3)ccc21. The van der Waals surface area contributed by atoms with Gasteiger partial charge in [0.1, 0.15) is 11.1 Å². The highest BCUT2D eigenvalue weighted by atomic mass is 32.1. The second kappa shape index (κ2) is 5.72. The molecule has 4 rings (SSSR count). The molecule has 0 bridgehead atoms. The molecule has 0 radical (unpaired) electrons. The Hall–Kier alpha value is -3.17. The second-order valence-electron chi connectivity index (χ2n) is 5.81. The molecule has 0 aliphatic rings. The zero-order valence-electron chi connectivity index (χ0n) is 13.7. The van der Waals surface area contributed by atoms with Crippen molar-refractivity contribution in [2.45, 2.75) is 0 Å². The fraction of sp³-hybridized carbons (Fsp3) is 0.105. The van der Waals surface area contributed by atoms with Crippen molar-refractivity contribution in [3.05, 3.63) is 63.5 Å². The first kappa shape index (κ1) is 15.4. The van der Waals surface area contributed by atoms with Gasteiger partial charge in [-0.15, -0.1) is 11.3 Å². The minimum Gasteiger partial charge on any atom is -0.295 e. The molecule has 2 aromatic heterocycles. The highest BCUT2D eigenvalue weighted by molar-refractivity contribution is 7.19. The Bertz CT molecular complexity index is 1220. The molecule has 4 aromatic rings. The first-order valence-electron chi connectivity index (χ1n) is 7.71. The summed E-state index contributed by atoms with van der Waals surface area (Å²) in [5.41, 5.74) is 3.91. The van der Waals surface area contributed by atoms with Crippen LogP contribution in [0.15, 0.2) is 47.3 Å². The number of rotatable bonds is 2. The van der Waals surface area contributed by atoms with Crippen LogP contribution < -0.4 is 5.69 Å². The van der Waals surface area contributed by atoms with Gasteiger partial charge in [-0.1, -0.05) is 18.2 Å². The number of nitrogens with zero attached hydrogens (tertiary/aromatic N) is 4. The van der Waals surface area contributed by atoms with Crippen molar-refractivity contribution in [3.8, 4) is 6.07 Å². The predicted molar refractivity (Wildman–Crippen MR) is 101 cm³/mol. The molecule has 122 valence electrons. The average Bonchev–Trinajstić information content (AvgIpc) is 3.15. The molecule has 0 atom stereocenters. The maximum atomic E-state index is 12.0. The number of allylic oxidation sites excluding steroid dienone is 1. The Morgan fingerprint density at radius 3 is 2.68 bits per heavy atom. The molecule has 0 fully saturated rings. The smallest absolute Gasteiger partial charge is 0.295 e. The van der Waals surface area contributed by atoms with E-state index in [1.165, 1.54) is 11.3 Å². The average molecular weight is 346 g/mol. The van der Waals surface area contributed by atoms with E-state index in [4.69, 9.17) is 0 Å². The fourth-order valence-electron chi connectivity index (χ4n) is 2.91. The Kier molecular flexibility index (Phi) is 3.52. The van der Waals surface area contributed by atoms with Crippen LogP contribution >= 0.6 is 11.3 Å². The molecule has 5 nitrogen and oxygen atoms in total. The van der Waals surface area contributed by atoms with Crippen molar-refractivity contribution < 1.29 is 0 Å². The Labute approximate surface area is 147 Å². The summed E-state index contributed by atoms with van der Waals surface area (Å²) >= 11 is 1.50. The minimum absolute atomic E-state index is 0.0668. The van der Waals surface area contributed by atoms with Crippen molar-refractivity contribution in [3.63, 3.8) is 0 Å². The summed E-state index contributed by atoms with van der Waals surface area (Å²) in [7, 11) is 3.50. The molecular weight excluding hydrogens is 332 g/mol. The molecular formula is C19H14N4OS. The topological polar surface area (TPSA) is 63.6 Å². The number of aromatic nitrogens is 3. The van der Waals surface area contributed by atoms with Gasteiger partial charge in [0.25, 0.3) is 0 Å². The van der Waals surface area contributed by atoms with Crippen molar-refractivity contribution in [1.29, 1.82) is 5.26 Å². The first-order chi connectivity index (χ1) is 12.1. The van der Waals surface area contributed by atoms with E-state index in [0.29, 0.717) is 10.6 Å². The molecule has 0 aliphatic carbocycles. The van der Waals surface area contributed by atoms with Gasteiger partial charge in [-0.25, -0.2) is 9.78 Å². The number of fused-ring (bicyclic) bond motifs is 2. The lowest BCUT2D eigenvalue weighted by Gasteiger charge is -1.99. The van der Waals surface area contributed by atoms with Gasteiger partial charge in [0.2, 0.25) is 0 Å². The minimum atomic E-state index is -0.0668. The van der Waals surface area contributed by atoms with E-state index in [2.05, 4.69) is 11.1 Å². The maximum Gasteiger partial charge on any atom is 0.328 e. The highest BCUT2D eigenvalue weighted by Crippen LogP contribution is 2.28. The Morgan fingerprint density at radius 2 is 1.92 bits per heavy atom. The molecule has 2 aromatic carbocycles. The third-order valence-electron chi connectivity index (χ3n) is 4.25. The standard InChI is InChI=1S/C19H14N4OS/c1-22-15-8-7-12(10-16(15)23(2)19(22)24)9-13(11-20)18-21-14-5-3-4-6-17(14)25-18/h3-10H,1-2H3/b13-9-. The van der Waals surface area contributed by atoms with Gasteiger partial charge in [0.05, 0.1) is 26.8 Å². The number of hydrogen-bond donors (Lipinski definition) is 0. The van der Waals surface area contributed by atoms with E-state index >= 15 is 0 Å².